The number of furan rings is 1. The maximum absolute atomic E-state index is 12.9. The van der Waals surface area contributed by atoms with Crippen LogP contribution in [0.3, 0.4) is 0 Å². The average Bonchev–Trinajstić information content (AvgIpc) is 3.03. The number of amides is 1. The number of aromatic nitrogens is 1. The second kappa shape index (κ2) is 8.64. The monoisotopic (exact) mass is 516 g/mol. The average molecular weight is 517 g/mol. The van der Waals surface area contributed by atoms with Crippen LogP contribution in [0.25, 0.3) is 11.0 Å². The van der Waals surface area contributed by atoms with Crippen molar-refractivity contribution in [1.82, 2.24) is 10.0 Å². The zero-order valence-electron chi connectivity index (χ0n) is 15.2. The Morgan fingerprint density at radius 3 is 2.86 bits per heavy atom. The van der Waals surface area contributed by atoms with Crippen LogP contribution >= 0.6 is 34.2 Å². The number of rotatable bonds is 6. The molecule has 2 N–H and O–H groups in total. The summed E-state index contributed by atoms with van der Waals surface area (Å²) < 4.78 is 7.97. The van der Waals surface area contributed by atoms with E-state index in [0.29, 0.717) is 21.7 Å². The van der Waals surface area contributed by atoms with E-state index in [9.17, 15) is 9.59 Å². The van der Waals surface area contributed by atoms with Gasteiger partial charge in [0.05, 0.1) is 24.9 Å². The molecule has 0 radical (unpaired) electrons. The van der Waals surface area contributed by atoms with Gasteiger partial charge in [-0.2, -0.15) is 0 Å². The number of hydrogen-bond acceptors (Lipinski definition) is 5. The van der Waals surface area contributed by atoms with E-state index in [0.717, 1.165) is 9.13 Å². The molecule has 0 saturated heterocycles. The summed E-state index contributed by atoms with van der Waals surface area (Å²) in [5, 5.41) is 9.73. The number of aliphatic hydroxyl groups is 1. The Labute approximate surface area is 179 Å². The molecule has 28 heavy (non-hydrogen) atoms. The number of fused-ring (bicyclic) bond motifs is 1. The number of benzene rings is 1. The molecule has 0 aliphatic heterocycles. The van der Waals surface area contributed by atoms with Crippen molar-refractivity contribution in [2.24, 2.45) is 7.05 Å². The highest BCUT2D eigenvalue weighted by molar-refractivity contribution is 14.1. The fourth-order valence-electron chi connectivity index (χ4n) is 2.98. The largest absolute Gasteiger partial charge is 0.463 e. The van der Waals surface area contributed by atoms with E-state index in [1.165, 1.54) is 10.8 Å². The molecule has 7 nitrogen and oxygen atoms in total. The summed E-state index contributed by atoms with van der Waals surface area (Å²) in [6.45, 7) is 1.44. The molecule has 0 atom stereocenters. The molecule has 1 aromatic carbocycles. The number of hydroxylamine groups is 1. The Balaban J connectivity index is 2.19. The Hall–Kier alpha value is -1.88. The summed E-state index contributed by atoms with van der Waals surface area (Å²) >= 11 is 8.52. The minimum atomic E-state index is -0.569. The van der Waals surface area contributed by atoms with Gasteiger partial charge in [-0.25, -0.2) is 5.48 Å². The van der Waals surface area contributed by atoms with Crippen LogP contribution in [0, 0.1) is 10.5 Å². The van der Waals surface area contributed by atoms with Crippen LogP contribution in [0.15, 0.2) is 33.7 Å². The minimum absolute atomic E-state index is 0.0594. The lowest BCUT2D eigenvalue weighted by atomic mass is 10.0. The maximum atomic E-state index is 12.9. The summed E-state index contributed by atoms with van der Waals surface area (Å²) in [5.74, 6) is -0.569. The summed E-state index contributed by atoms with van der Waals surface area (Å²) in [4.78, 5) is 30.7. The number of halogens is 2. The van der Waals surface area contributed by atoms with Crippen LogP contribution in [-0.4, -0.2) is 28.8 Å². The molecule has 0 bridgehead atoms. The summed E-state index contributed by atoms with van der Waals surface area (Å²) in [7, 11) is 1.61. The molecule has 148 valence electrons. The first-order valence-electron chi connectivity index (χ1n) is 8.41. The molecule has 1 amide bonds. The van der Waals surface area contributed by atoms with Crippen LogP contribution in [-0.2, 0) is 18.3 Å². The molecular formula is C19H18ClIN2O5. The zero-order chi connectivity index (χ0) is 20.4. The Morgan fingerprint density at radius 1 is 1.43 bits per heavy atom. The van der Waals surface area contributed by atoms with E-state index >= 15 is 0 Å². The number of aryl methyl sites for hydroxylation is 1. The predicted molar refractivity (Wildman–Crippen MR) is 114 cm³/mol. The number of nitrogens with zero attached hydrogens (tertiary/aromatic N) is 1. The van der Waals surface area contributed by atoms with Crippen molar-refractivity contribution in [1.29, 1.82) is 0 Å². The fourth-order valence-corrected chi connectivity index (χ4v) is 3.91. The highest BCUT2D eigenvalue weighted by Crippen LogP contribution is 2.28. The number of carbonyl (C=O) groups excluding carboxylic acids is 1. The first-order valence-corrected chi connectivity index (χ1v) is 9.87. The van der Waals surface area contributed by atoms with Crippen LogP contribution < -0.4 is 11.0 Å². The van der Waals surface area contributed by atoms with Gasteiger partial charge in [0.2, 0.25) is 0 Å². The summed E-state index contributed by atoms with van der Waals surface area (Å²) in [6, 6.07) is 5.57. The predicted octanol–water partition coefficient (Wildman–Crippen LogP) is 2.94. The van der Waals surface area contributed by atoms with Crippen LogP contribution in [0.5, 0.6) is 0 Å². The fraction of sp³-hybridized carbons (Fsp3) is 0.263. The van der Waals surface area contributed by atoms with Crippen LogP contribution in [0.4, 0.5) is 0 Å². The SMILES string of the molecule is Cc1coc2c(C(=O)NOCCO)c(Cc3ccc(I)cc3Cl)n(C)c(=O)c12. The molecule has 0 spiro atoms. The van der Waals surface area contributed by atoms with Gasteiger partial charge in [-0.05, 0) is 47.2 Å². The lowest BCUT2D eigenvalue weighted by Crippen LogP contribution is -2.31. The molecule has 0 aliphatic carbocycles. The van der Waals surface area contributed by atoms with Crippen molar-refractivity contribution in [3.63, 3.8) is 0 Å². The standard InChI is InChI=1S/C19H18ClIN2O5/c1-10-9-27-17-15(10)19(26)23(2)14(16(17)18(25)22-28-6-5-24)7-11-3-4-12(21)8-13(11)20/h3-4,8-9,24H,5-7H2,1-2H3,(H,22,25). The topological polar surface area (TPSA) is 93.7 Å². The lowest BCUT2D eigenvalue weighted by Gasteiger charge is -2.16. The van der Waals surface area contributed by atoms with E-state index in [1.807, 2.05) is 18.2 Å². The molecule has 2 aromatic heterocycles. The molecule has 0 saturated carbocycles. The molecule has 0 unspecified atom stereocenters. The Kier molecular flexibility index (Phi) is 6.43. The third-order valence-electron chi connectivity index (χ3n) is 4.37. The van der Waals surface area contributed by atoms with Gasteiger partial charge in [0.25, 0.3) is 11.5 Å². The third kappa shape index (κ3) is 3.95. The van der Waals surface area contributed by atoms with Crippen molar-refractivity contribution < 1.29 is 19.2 Å². The van der Waals surface area contributed by atoms with E-state index in [1.54, 1.807) is 14.0 Å². The summed E-state index contributed by atoms with van der Waals surface area (Å²) in [5.41, 5.74) is 4.27. The van der Waals surface area contributed by atoms with Crippen molar-refractivity contribution in [2.75, 3.05) is 13.2 Å². The first kappa shape index (κ1) is 20.8. The first-order chi connectivity index (χ1) is 13.3. The van der Waals surface area contributed by atoms with Crippen molar-refractivity contribution >= 4 is 51.1 Å². The van der Waals surface area contributed by atoms with Gasteiger partial charge >= 0.3 is 0 Å². The van der Waals surface area contributed by atoms with Gasteiger partial charge in [0.1, 0.15) is 5.56 Å². The second-order valence-electron chi connectivity index (χ2n) is 6.22. The number of nitrogens with one attached hydrogen (secondary N) is 1. The number of pyridine rings is 1. The minimum Gasteiger partial charge on any atom is -0.463 e. The van der Waals surface area contributed by atoms with E-state index in [2.05, 4.69) is 28.1 Å². The lowest BCUT2D eigenvalue weighted by molar-refractivity contribution is 0.0167. The molecule has 0 aliphatic rings. The van der Waals surface area contributed by atoms with Crippen LogP contribution in [0.1, 0.15) is 27.2 Å². The van der Waals surface area contributed by atoms with E-state index in [4.69, 9.17) is 26.0 Å². The molecule has 3 rings (SSSR count). The molecule has 2 heterocycles. The van der Waals surface area contributed by atoms with Crippen molar-refractivity contribution in [3.8, 4) is 0 Å². The molecule has 0 fully saturated rings. The maximum Gasteiger partial charge on any atom is 0.280 e. The van der Waals surface area contributed by atoms with E-state index < -0.39 is 5.91 Å². The van der Waals surface area contributed by atoms with Crippen LogP contribution in [0.2, 0.25) is 5.02 Å². The van der Waals surface area contributed by atoms with Gasteiger partial charge in [-0.1, -0.05) is 17.7 Å². The molecule has 9 heteroatoms. The van der Waals surface area contributed by atoms with Crippen molar-refractivity contribution in [2.45, 2.75) is 13.3 Å². The van der Waals surface area contributed by atoms with Gasteiger partial charge in [0, 0.05) is 33.3 Å². The number of carbonyl (C=O) groups is 1. The quantitative estimate of drug-likeness (QED) is 0.299. The smallest absolute Gasteiger partial charge is 0.280 e. The van der Waals surface area contributed by atoms with Gasteiger partial charge in [0.15, 0.2) is 5.58 Å². The highest BCUT2D eigenvalue weighted by Gasteiger charge is 2.25. The third-order valence-corrected chi connectivity index (χ3v) is 5.40. The Bertz CT molecular complexity index is 1110. The second-order valence-corrected chi connectivity index (χ2v) is 7.88. The molecular weight excluding hydrogens is 499 g/mol. The number of hydrogen-bond donors (Lipinski definition) is 2. The van der Waals surface area contributed by atoms with E-state index in [-0.39, 0.29) is 36.3 Å². The molecule has 3 aromatic rings. The van der Waals surface area contributed by atoms with Gasteiger partial charge in [-0.3, -0.25) is 14.4 Å². The zero-order valence-corrected chi connectivity index (χ0v) is 18.1. The number of aliphatic hydroxyl groups excluding tert-OH is 1. The summed E-state index contributed by atoms with van der Waals surface area (Å²) in [6.07, 6.45) is 1.69. The van der Waals surface area contributed by atoms with Gasteiger partial charge in [-0.15, -0.1) is 0 Å². The highest BCUT2D eigenvalue weighted by atomic mass is 127. The normalized spacial score (nSPS) is 11.2. The Morgan fingerprint density at radius 2 is 2.18 bits per heavy atom. The van der Waals surface area contributed by atoms with Gasteiger partial charge < -0.3 is 14.1 Å². The van der Waals surface area contributed by atoms with Crippen molar-refractivity contribution in [3.05, 3.63) is 65.8 Å².